The Labute approximate surface area is 167 Å². The van der Waals surface area contributed by atoms with Gasteiger partial charge in [-0.05, 0) is 18.6 Å². The molecule has 3 rings (SSSR count). The Morgan fingerprint density at radius 2 is 2.15 bits per heavy atom. The quantitative estimate of drug-likeness (QED) is 0.437. The maximum absolute atomic E-state index is 12.3. The van der Waals surface area contributed by atoms with Gasteiger partial charge in [-0.3, -0.25) is 14.5 Å². The predicted octanol–water partition coefficient (Wildman–Crippen LogP) is 2.63. The topological polar surface area (TPSA) is 63.6 Å². The number of fused-ring (bicyclic) bond motifs is 1. The van der Waals surface area contributed by atoms with E-state index in [1.54, 1.807) is 14.2 Å². The van der Waals surface area contributed by atoms with E-state index >= 15 is 0 Å². The molecule has 1 aliphatic heterocycles. The lowest BCUT2D eigenvalue weighted by Crippen LogP contribution is -2.28. The van der Waals surface area contributed by atoms with E-state index in [0.717, 1.165) is 22.9 Å². The van der Waals surface area contributed by atoms with Crippen LogP contribution in [0, 0.1) is 0 Å². The van der Waals surface area contributed by atoms with Gasteiger partial charge in [0, 0.05) is 50.0 Å². The van der Waals surface area contributed by atoms with Gasteiger partial charge in [-0.25, -0.2) is 0 Å². The van der Waals surface area contributed by atoms with Crippen molar-refractivity contribution in [3.05, 3.63) is 40.9 Å². The van der Waals surface area contributed by atoms with Gasteiger partial charge in [0.15, 0.2) is 0 Å². The van der Waals surface area contributed by atoms with Crippen LogP contribution >= 0.6 is 24.0 Å². The lowest BCUT2D eigenvalue weighted by atomic mass is 10.1. The first-order chi connectivity index (χ1) is 13.0. The standard InChI is InChI=1S/C19H21N3O3S2/c1-21-18(24)16(27-19(21)26)10-13-11-22(15-7-4-3-6-14(13)15)12-17(23)20-8-5-9-25-2/h3-4,6-7,10-11H,5,8-9,12H2,1-2H3,(H,20,23)/b16-10-. The molecule has 1 aromatic carbocycles. The SMILES string of the molecule is COCCCNC(=O)Cn1cc(/C=C2\SC(=S)N(C)C2=O)c2ccccc21. The maximum Gasteiger partial charge on any atom is 0.265 e. The molecule has 0 atom stereocenters. The van der Waals surface area contributed by atoms with Crippen molar-refractivity contribution in [2.45, 2.75) is 13.0 Å². The van der Waals surface area contributed by atoms with Crippen LogP contribution in [0.4, 0.5) is 0 Å². The van der Waals surface area contributed by atoms with E-state index in [9.17, 15) is 9.59 Å². The zero-order valence-electron chi connectivity index (χ0n) is 15.2. The van der Waals surface area contributed by atoms with E-state index < -0.39 is 0 Å². The van der Waals surface area contributed by atoms with Crippen molar-refractivity contribution in [1.29, 1.82) is 0 Å². The second-order valence-electron chi connectivity index (χ2n) is 6.17. The Balaban J connectivity index is 1.83. The van der Waals surface area contributed by atoms with Gasteiger partial charge < -0.3 is 14.6 Å². The molecule has 0 aliphatic carbocycles. The number of methoxy groups -OCH3 is 1. The molecule has 2 amide bonds. The molecule has 1 aromatic heterocycles. The molecule has 0 spiro atoms. The van der Waals surface area contributed by atoms with E-state index in [2.05, 4.69) is 5.32 Å². The van der Waals surface area contributed by atoms with Gasteiger partial charge in [0.05, 0.1) is 4.91 Å². The van der Waals surface area contributed by atoms with Crippen molar-refractivity contribution in [2.75, 3.05) is 27.3 Å². The molecule has 1 fully saturated rings. The van der Waals surface area contributed by atoms with Gasteiger partial charge in [-0.1, -0.05) is 42.2 Å². The summed E-state index contributed by atoms with van der Waals surface area (Å²) in [6.07, 6.45) is 4.53. The molecule has 142 valence electrons. The molecule has 2 aromatic rings. The highest BCUT2D eigenvalue weighted by Crippen LogP contribution is 2.33. The van der Waals surface area contributed by atoms with E-state index in [0.29, 0.717) is 22.4 Å². The number of hydrogen-bond acceptors (Lipinski definition) is 5. The molecular weight excluding hydrogens is 382 g/mol. The number of nitrogens with zero attached hydrogens (tertiary/aromatic N) is 2. The number of likely N-dealkylation sites (N-methyl/N-ethyl adjacent to an activating group) is 1. The van der Waals surface area contributed by atoms with E-state index in [1.165, 1.54) is 16.7 Å². The summed E-state index contributed by atoms with van der Waals surface area (Å²) in [5, 5.41) is 3.89. The third kappa shape index (κ3) is 4.40. The molecular formula is C19H21N3O3S2. The van der Waals surface area contributed by atoms with Crippen molar-refractivity contribution < 1.29 is 14.3 Å². The molecule has 2 heterocycles. The fourth-order valence-corrected chi connectivity index (χ4v) is 4.03. The smallest absolute Gasteiger partial charge is 0.265 e. The number of rotatable bonds is 7. The van der Waals surface area contributed by atoms with E-state index in [-0.39, 0.29) is 18.4 Å². The van der Waals surface area contributed by atoms with Gasteiger partial charge in [-0.15, -0.1) is 0 Å². The number of hydrogen-bond donors (Lipinski definition) is 1. The molecule has 6 nitrogen and oxygen atoms in total. The third-order valence-electron chi connectivity index (χ3n) is 4.25. The number of para-hydroxylation sites is 1. The zero-order valence-corrected chi connectivity index (χ0v) is 16.9. The normalized spacial score (nSPS) is 15.9. The van der Waals surface area contributed by atoms with Gasteiger partial charge in [0.25, 0.3) is 5.91 Å². The number of thioether (sulfide) groups is 1. The second kappa shape index (κ2) is 8.69. The average molecular weight is 404 g/mol. The summed E-state index contributed by atoms with van der Waals surface area (Å²) < 4.78 is 7.43. The Morgan fingerprint density at radius 1 is 1.37 bits per heavy atom. The fraction of sp³-hybridized carbons (Fsp3) is 0.316. The first-order valence-electron chi connectivity index (χ1n) is 8.56. The molecule has 0 saturated carbocycles. The van der Waals surface area contributed by atoms with Crippen molar-refractivity contribution in [2.24, 2.45) is 0 Å². The van der Waals surface area contributed by atoms with Crippen LogP contribution in [0.15, 0.2) is 35.4 Å². The highest BCUT2D eigenvalue weighted by Gasteiger charge is 2.29. The van der Waals surface area contributed by atoms with Gasteiger partial charge >= 0.3 is 0 Å². The van der Waals surface area contributed by atoms with Crippen LogP contribution in [0.1, 0.15) is 12.0 Å². The summed E-state index contributed by atoms with van der Waals surface area (Å²) in [5.74, 6) is -0.156. The zero-order chi connectivity index (χ0) is 19.4. The number of amides is 2. The van der Waals surface area contributed by atoms with Crippen LogP contribution in [-0.2, 0) is 20.9 Å². The molecule has 1 N–H and O–H groups in total. The van der Waals surface area contributed by atoms with Crippen molar-refractivity contribution in [1.82, 2.24) is 14.8 Å². The van der Waals surface area contributed by atoms with Gasteiger partial charge in [0.1, 0.15) is 10.9 Å². The number of benzene rings is 1. The van der Waals surface area contributed by atoms with Crippen LogP contribution < -0.4 is 5.32 Å². The van der Waals surface area contributed by atoms with Crippen LogP contribution in [0.25, 0.3) is 17.0 Å². The summed E-state index contributed by atoms with van der Waals surface area (Å²) >= 11 is 6.48. The summed E-state index contributed by atoms with van der Waals surface area (Å²) in [5.41, 5.74) is 1.84. The Hall–Kier alpha value is -2.16. The van der Waals surface area contributed by atoms with Crippen LogP contribution in [0.3, 0.4) is 0 Å². The largest absolute Gasteiger partial charge is 0.385 e. The predicted molar refractivity (Wildman–Crippen MR) is 112 cm³/mol. The summed E-state index contributed by atoms with van der Waals surface area (Å²) in [6.45, 7) is 1.42. The summed E-state index contributed by atoms with van der Waals surface area (Å²) in [4.78, 5) is 26.6. The minimum atomic E-state index is -0.0993. The van der Waals surface area contributed by atoms with Crippen molar-refractivity contribution in [3.63, 3.8) is 0 Å². The third-order valence-corrected chi connectivity index (χ3v) is 5.74. The lowest BCUT2D eigenvalue weighted by molar-refractivity contribution is -0.122. The Bertz CT molecular complexity index is 920. The first kappa shape index (κ1) is 19.6. The molecule has 1 saturated heterocycles. The summed E-state index contributed by atoms with van der Waals surface area (Å²) in [7, 11) is 3.32. The number of carbonyl (C=O) groups is 2. The number of thiocarbonyl (C=S) groups is 1. The maximum atomic E-state index is 12.3. The average Bonchev–Trinajstić information content (AvgIpc) is 3.12. The number of carbonyl (C=O) groups excluding carboxylic acids is 2. The van der Waals surface area contributed by atoms with Gasteiger partial charge in [0.2, 0.25) is 5.91 Å². The van der Waals surface area contributed by atoms with Gasteiger partial charge in [-0.2, -0.15) is 0 Å². The number of nitrogens with one attached hydrogen (secondary N) is 1. The molecule has 8 heteroatoms. The van der Waals surface area contributed by atoms with Crippen molar-refractivity contribution in [3.8, 4) is 0 Å². The molecule has 0 unspecified atom stereocenters. The molecule has 1 aliphatic rings. The van der Waals surface area contributed by atoms with Crippen LogP contribution in [0.5, 0.6) is 0 Å². The Morgan fingerprint density at radius 3 is 2.85 bits per heavy atom. The minimum Gasteiger partial charge on any atom is -0.385 e. The van der Waals surface area contributed by atoms with E-state index in [1.807, 2.05) is 41.1 Å². The fourth-order valence-electron chi connectivity index (χ4n) is 2.86. The monoisotopic (exact) mass is 403 g/mol. The van der Waals surface area contributed by atoms with E-state index in [4.69, 9.17) is 17.0 Å². The van der Waals surface area contributed by atoms with Crippen LogP contribution in [0.2, 0.25) is 0 Å². The second-order valence-corrected chi connectivity index (χ2v) is 7.84. The summed E-state index contributed by atoms with van der Waals surface area (Å²) in [6, 6.07) is 7.83. The first-order valence-corrected chi connectivity index (χ1v) is 9.79. The van der Waals surface area contributed by atoms with Crippen molar-refractivity contribution >= 4 is 57.1 Å². The minimum absolute atomic E-state index is 0.0571. The highest BCUT2D eigenvalue weighted by molar-refractivity contribution is 8.26. The van der Waals surface area contributed by atoms with Crippen LogP contribution in [-0.4, -0.2) is 52.9 Å². The highest BCUT2D eigenvalue weighted by atomic mass is 32.2. The Kier molecular flexibility index (Phi) is 6.30. The molecule has 27 heavy (non-hydrogen) atoms. The molecule has 0 bridgehead atoms. The lowest BCUT2D eigenvalue weighted by Gasteiger charge is -2.07. The number of aromatic nitrogens is 1. The number of ether oxygens (including phenoxy) is 1. The molecule has 0 radical (unpaired) electrons.